The number of halogens is 1. The second-order valence-corrected chi connectivity index (χ2v) is 13.2. The number of imide groups is 1. The van der Waals surface area contributed by atoms with Crippen LogP contribution in [-0.4, -0.2) is 30.9 Å². The fourth-order valence-corrected chi connectivity index (χ4v) is 8.52. The second-order valence-electron chi connectivity index (χ2n) is 12.8. The minimum Gasteiger partial charge on any atom is -0.507 e. The van der Waals surface area contributed by atoms with Crippen LogP contribution < -0.4 is 16.3 Å². The van der Waals surface area contributed by atoms with E-state index in [4.69, 9.17) is 11.6 Å². The van der Waals surface area contributed by atoms with Crippen LogP contribution in [-0.2, 0) is 21.5 Å². The monoisotopic (exact) mass is 658 g/mol. The first-order valence-corrected chi connectivity index (χ1v) is 16.2. The lowest BCUT2D eigenvalue weighted by Gasteiger charge is -2.49. The zero-order chi connectivity index (χ0) is 33.5. The van der Waals surface area contributed by atoms with Crippen molar-refractivity contribution in [2.45, 2.75) is 44.2 Å². The van der Waals surface area contributed by atoms with Gasteiger partial charge in [0, 0.05) is 10.9 Å². The van der Waals surface area contributed by atoms with Crippen LogP contribution in [0.15, 0.2) is 118 Å². The van der Waals surface area contributed by atoms with Crippen molar-refractivity contribution in [1.82, 2.24) is 13.9 Å². The largest absolute Gasteiger partial charge is 0.507 e. The Morgan fingerprint density at radius 2 is 1.44 bits per heavy atom. The highest BCUT2D eigenvalue weighted by Crippen LogP contribution is 2.62. The number of carbonyl (C=O) groups is 2. The third kappa shape index (κ3) is 4.03. The smallest absolute Gasteiger partial charge is 0.352 e. The number of para-hydroxylation sites is 1. The van der Waals surface area contributed by atoms with E-state index in [1.807, 2.05) is 54.6 Å². The molecule has 3 heterocycles. The van der Waals surface area contributed by atoms with Gasteiger partial charge in [-0.1, -0.05) is 84.4 Å². The van der Waals surface area contributed by atoms with Crippen molar-refractivity contribution in [3.05, 3.63) is 157 Å². The van der Waals surface area contributed by atoms with Gasteiger partial charge in [-0.25, -0.2) is 28.4 Å². The van der Waals surface area contributed by atoms with Crippen LogP contribution in [0.2, 0.25) is 5.02 Å². The molecular formula is C38H31ClN4O5. The quantitative estimate of drug-likeness (QED) is 0.201. The molecule has 2 fully saturated rings. The van der Waals surface area contributed by atoms with E-state index in [9.17, 15) is 19.5 Å². The summed E-state index contributed by atoms with van der Waals surface area (Å²) in [4.78, 5) is 59.4. The molecule has 0 spiro atoms. The van der Waals surface area contributed by atoms with Gasteiger partial charge >= 0.3 is 11.4 Å². The maximum atomic E-state index is 15.3. The van der Waals surface area contributed by atoms with Gasteiger partial charge in [0.05, 0.1) is 35.3 Å². The summed E-state index contributed by atoms with van der Waals surface area (Å²) in [5, 5.41) is 11.2. The minimum atomic E-state index is -1.41. The molecule has 8 rings (SSSR count). The number of fused-ring (bicyclic) bond motifs is 4. The standard InChI is InChI=1S/C38H31ClN4O5/c1-22-18-24(19-23(2)33(22)44)32-29-16-17-40-36(47)42(27-13-7-4-8-14-27)37(48)43(40)31(29)21-30-34(45)41(28-15-9-12-26(39)20-28)35(46)38(30,32)25-10-5-3-6-11-25/h3-16,18-20,30-32,44H,17,21H2,1-2H3. The Kier molecular flexibility index (Phi) is 6.75. The van der Waals surface area contributed by atoms with Crippen molar-refractivity contribution in [3.8, 4) is 11.4 Å². The molecule has 1 N–H and O–H groups in total. The first-order valence-electron chi connectivity index (χ1n) is 15.8. The van der Waals surface area contributed by atoms with Crippen molar-refractivity contribution >= 4 is 29.1 Å². The second kappa shape index (κ2) is 10.8. The Balaban J connectivity index is 1.43. The van der Waals surface area contributed by atoms with Gasteiger partial charge in [-0.05, 0) is 78.4 Å². The number of hydrogen-bond donors (Lipinski definition) is 1. The molecule has 4 aromatic carbocycles. The molecule has 9 nitrogen and oxygen atoms in total. The number of phenols is 1. The third-order valence-corrected chi connectivity index (χ3v) is 10.5. The van der Waals surface area contributed by atoms with Crippen LogP contribution in [0.25, 0.3) is 5.69 Å². The van der Waals surface area contributed by atoms with E-state index in [-0.39, 0.29) is 18.7 Å². The van der Waals surface area contributed by atoms with E-state index < -0.39 is 46.5 Å². The van der Waals surface area contributed by atoms with Crippen LogP contribution in [0.3, 0.4) is 0 Å². The number of rotatable bonds is 4. The summed E-state index contributed by atoms with van der Waals surface area (Å²) in [5.41, 5.74) is 1.80. The highest BCUT2D eigenvalue weighted by molar-refractivity contribution is 6.32. The first-order chi connectivity index (χ1) is 23.1. The molecule has 1 saturated carbocycles. The van der Waals surface area contributed by atoms with Gasteiger partial charge in [-0.3, -0.25) is 9.59 Å². The normalized spacial score (nSPS) is 23.0. The number of aromatic nitrogens is 3. The molecule has 1 aromatic heterocycles. The summed E-state index contributed by atoms with van der Waals surface area (Å²) in [5.74, 6) is -2.29. The minimum absolute atomic E-state index is 0.0992. The molecule has 240 valence electrons. The lowest BCUT2D eigenvalue weighted by atomic mass is 9.53. The van der Waals surface area contributed by atoms with E-state index >= 15 is 4.79 Å². The van der Waals surface area contributed by atoms with Crippen LogP contribution in [0.4, 0.5) is 5.69 Å². The number of nitrogens with zero attached hydrogens (tertiary/aromatic N) is 4. The summed E-state index contributed by atoms with van der Waals surface area (Å²) in [6.07, 6.45) is 2.04. The van der Waals surface area contributed by atoms with Gasteiger partial charge in [0.15, 0.2) is 0 Å². The predicted octanol–water partition coefficient (Wildman–Crippen LogP) is 5.57. The van der Waals surface area contributed by atoms with Crippen LogP contribution in [0.1, 0.15) is 40.6 Å². The van der Waals surface area contributed by atoms with Gasteiger partial charge in [0.1, 0.15) is 5.75 Å². The summed E-state index contributed by atoms with van der Waals surface area (Å²) in [6.45, 7) is 3.70. The molecule has 2 amide bonds. The maximum Gasteiger partial charge on any atom is 0.352 e. The number of anilines is 1. The first kappa shape index (κ1) is 30.0. The van der Waals surface area contributed by atoms with Crippen LogP contribution in [0.5, 0.6) is 5.75 Å². The van der Waals surface area contributed by atoms with Crippen molar-refractivity contribution in [2.75, 3.05) is 4.90 Å². The van der Waals surface area contributed by atoms with Gasteiger partial charge in [-0.2, -0.15) is 0 Å². The molecule has 3 aliphatic rings. The Hall–Kier alpha value is -5.41. The number of phenolic OH excluding ortho intramolecular Hbond substituents is 1. The Bertz CT molecular complexity index is 2280. The molecular weight excluding hydrogens is 628 g/mol. The van der Waals surface area contributed by atoms with Gasteiger partial charge < -0.3 is 5.11 Å². The summed E-state index contributed by atoms with van der Waals surface area (Å²) < 4.78 is 4.03. The summed E-state index contributed by atoms with van der Waals surface area (Å²) in [6, 6.07) is 27.8. The van der Waals surface area contributed by atoms with E-state index in [1.54, 1.807) is 62.4 Å². The number of benzene rings is 4. The summed E-state index contributed by atoms with van der Waals surface area (Å²) >= 11 is 6.38. The lowest BCUT2D eigenvalue weighted by molar-refractivity contribution is -0.124. The van der Waals surface area contributed by atoms with Crippen LogP contribution >= 0.6 is 11.6 Å². The molecule has 2 aliphatic heterocycles. The predicted molar refractivity (Wildman–Crippen MR) is 182 cm³/mol. The number of carbonyl (C=O) groups excluding carboxylic acids is 2. The average molecular weight is 659 g/mol. The number of aryl methyl sites for hydroxylation is 2. The van der Waals surface area contributed by atoms with Crippen molar-refractivity contribution < 1.29 is 14.7 Å². The SMILES string of the molecule is Cc1cc(C2C3=CCn4c(=O)n(-c5ccccc5)c(=O)n4C3CC3C(=O)N(c4cccc(Cl)c4)C(=O)C32c2ccccc2)cc(C)c1O. The molecule has 4 atom stereocenters. The molecule has 5 aromatic rings. The van der Waals surface area contributed by atoms with E-state index in [2.05, 4.69) is 0 Å². The highest BCUT2D eigenvalue weighted by Gasteiger charge is 2.68. The number of hydrogen-bond acceptors (Lipinski definition) is 5. The molecule has 4 unspecified atom stereocenters. The molecule has 48 heavy (non-hydrogen) atoms. The lowest BCUT2D eigenvalue weighted by Crippen LogP contribution is -2.53. The molecule has 0 radical (unpaired) electrons. The Morgan fingerprint density at radius 1 is 0.792 bits per heavy atom. The fourth-order valence-electron chi connectivity index (χ4n) is 8.33. The van der Waals surface area contributed by atoms with Crippen LogP contribution in [0, 0.1) is 19.8 Å². The number of allylic oxidation sites excluding steroid dienone is 2. The number of aromatic hydroxyl groups is 1. The maximum absolute atomic E-state index is 15.3. The molecule has 0 bridgehead atoms. The van der Waals surface area contributed by atoms with Gasteiger partial charge in [-0.15, -0.1) is 0 Å². The fraction of sp³-hybridized carbons (Fsp3) is 0.211. The average Bonchev–Trinajstić information content (AvgIpc) is 3.48. The van der Waals surface area contributed by atoms with E-state index in [0.29, 0.717) is 33.1 Å². The Morgan fingerprint density at radius 3 is 2.10 bits per heavy atom. The zero-order valence-electron chi connectivity index (χ0n) is 26.2. The van der Waals surface area contributed by atoms with Gasteiger partial charge in [0.2, 0.25) is 11.8 Å². The topological polar surface area (TPSA) is 107 Å². The van der Waals surface area contributed by atoms with Crippen molar-refractivity contribution in [2.24, 2.45) is 5.92 Å². The molecule has 1 saturated heterocycles. The number of amides is 2. The summed E-state index contributed by atoms with van der Waals surface area (Å²) in [7, 11) is 0. The zero-order valence-corrected chi connectivity index (χ0v) is 27.0. The van der Waals surface area contributed by atoms with Crippen molar-refractivity contribution in [3.63, 3.8) is 0 Å². The Labute approximate surface area is 280 Å². The van der Waals surface area contributed by atoms with Gasteiger partial charge in [0.25, 0.3) is 0 Å². The van der Waals surface area contributed by atoms with E-state index in [0.717, 1.165) is 15.7 Å². The third-order valence-electron chi connectivity index (χ3n) is 10.3. The molecule has 1 aliphatic carbocycles. The van der Waals surface area contributed by atoms with E-state index in [1.165, 1.54) is 14.3 Å². The van der Waals surface area contributed by atoms with Crippen molar-refractivity contribution in [1.29, 1.82) is 0 Å². The highest BCUT2D eigenvalue weighted by atomic mass is 35.5. The molecule has 10 heteroatoms.